The van der Waals surface area contributed by atoms with Crippen LogP contribution in [-0.2, 0) is 11.0 Å². The molecule has 2 aromatic rings. The van der Waals surface area contributed by atoms with Crippen molar-refractivity contribution in [1.29, 1.82) is 0 Å². The van der Waals surface area contributed by atoms with Crippen molar-refractivity contribution < 1.29 is 13.9 Å². The van der Waals surface area contributed by atoms with E-state index in [0.29, 0.717) is 5.69 Å². The van der Waals surface area contributed by atoms with Gasteiger partial charge in [0.1, 0.15) is 5.82 Å². The van der Waals surface area contributed by atoms with Gasteiger partial charge < -0.3 is 9.53 Å². The third-order valence-corrected chi connectivity index (χ3v) is 9.56. The Hall–Kier alpha value is -1.50. The lowest BCUT2D eigenvalue weighted by Crippen LogP contribution is -2.41. The summed E-state index contributed by atoms with van der Waals surface area (Å²) in [5.41, 5.74) is 2.95. The quantitative estimate of drug-likeness (QED) is 0.768. The van der Waals surface area contributed by atoms with Crippen LogP contribution in [0, 0.1) is 12.7 Å². The largest absolute Gasteiger partial charge is 0.410 e. The molecule has 6 heteroatoms. The monoisotopic (exact) mass is 364 g/mol. The van der Waals surface area contributed by atoms with E-state index in [1.54, 1.807) is 10.7 Å². The number of hydrogen-bond donors (Lipinski definition) is 1. The Labute approximate surface area is 150 Å². The second kappa shape index (κ2) is 7.01. The van der Waals surface area contributed by atoms with Crippen molar-refractivity contribution in [1.82, 2.24) is 9.78 Å². The fraction of sp³-hybridized carbons (Fsp3) is 0.526. The molecule has 1 N–H and O–H groups in total. The van der Waals surface area contributed by atoms with Crippen molar-refractivity contribution in [2.75, 3.05) is 0 Å². The lowest BCUT2D eigenvalue weighted by Gasteiger charge is -2.38. The van der Waals surface area contributed by atoms with Crippen LogP contribution in [0.3, 0.4) is 0 Å². The van der Waals surface area contributed by atoms with Crippen LogP contribution < -0.4 is 0 Å². The summed E-state index contributed by atoms with van der Waals surface area (Å²) in [6.45, 7) is 14.6. The Balaban J connectivity index is 2.49. The van der Waals surface area contributed by atoms with Gasteiger partial charge in [-0.2, -0.15) is 5.10 Å². The van der Waals surface area contributed by atoms with E-state index in [2.05, 4.69) is 39.0 Å². The number of nitrogens with zero attached hydrogens (tertiary/aromatic N) is 2. The fourth-order valence-corrected chi connectivity index (χ4v) is 3.96. The van der Waals surface area contributed by atoms with Crippen molar-refractivity contribution in [2.45, 2.75) is 65.5 Å². The van der Waals surface area contributed by atoms with E-state index < -0.39 is 8.32 Å². The number of aliphatic hydroxyl groups is 1. The van der Waals surface area contributed by atoms with Crippen LogP contribution in [0.1, 0.15) is 50.8 Å². The van der Waals surface area contributed by atoms with E-state index >= 15 is 0 Å². The molecule has 0 radical (unpaired) electrons. The molecule has 1 aromatic heterocycles. The predicted octanol–water partition coefficient (Wildman–Crippen LogP) is 4.89. The topological polar surface area (TPSA) is 47.3 Å². The molecule has 1 heterocycles. The summed E-state index contributed by atoms with van der Waals surface area (Å²) in [6.07, 6.45) is -0.275. The molecule has 4 nitrogen and oxygen atoms in total. The Morgan fingerprint density at radius 3 is 2.48 bits per heavy atom. The van der Waals surface area contributed by atoms with Crippen LogP contribution in [0.4, 0.5) is 4.39 Å². The molecule has 1 unspecified atom stereocenters. The molecule has 138 valence electrons. The van der Waals surface area contributed by atoms with Gasteiger partial charge in [-0.25, -0.2) is 9.07 Å². The smallest absolute Gasteiger partial charge is 0.192 e. The molecule has 2 rings (SSSR count). The first-order valence-electron chi connectivity index (χ1n) is 8.60. The molecule has 25 heavy (non-hydrogen) atoms. The molecule has 0 aliphatic heterocycles. The van der Waals surface area contributed by atoms with Crippen molar-refractivity contribution >= 4 is 8.32 Å². The molecule has 0 bridgehead atoms. The van der Waals surface area contributed by atoms with Crippen LogP contribution in [0.25, 0.3) is 5.69 Å². The zero-order valence-corrected chi connectivity index (χ0v) is 17.2. The number of aliphatic hydroxyl groups excluding tert-OH is 1. The van der Waals surface area contributed by atoms with Gasteiger partial charge in [-0.1, -0.05) is 20.8 Å². The van der Waals surface area contributed by atoms with E-state index in [1.165, 1.54) is 12.1 Å². The summed E-state index contributed by atoms with van der Waals surface area (Å²) in [6, 6.07) is 6.44. The van der Waals surface area contributed by atoms with Crippen molar-refractivity contribution in [3.63, 3.8) is 0 Å². The van der Waals surface area contributed by atoms with E-state index in [0.717, 1.165) is 16.9 Å². The second-order valence-electron chi connectivity index (χ2n) is 8.07. The van der Waals surface area contributed by atoms with Crippen molar-refractivity contribution in [3.8, 4) is 5.69 Å². The Kier molecular flexibility index (Phi) is 5.56. The Bertz CT molecular complexity index is 750. The zero-order valence-electron chi connectivity index (χ0n) is 16.2. The average molecular weight is 365 g/mol. The van der Waals surface area contributed by atoms with Gasteiger partial charge in [-0.05, 0) is 56.2 Å². The van der Waals surface area contributed by atoms with Crippen LogP contribution in [0.5, 0.6) is 0 Å². The summed E-state index contributed by atoms with van der Waals surface area (Å²) in [7, 11) is -2.01. The van der Waals surface area contributed by atoms with Gasteiger partial charge in [0.15, 0.2) is 8.32 Å². The van der Waals surface area contributed by atoms with E-state index in [4.69, 9.17) is 4.43 Å². The first kappa shape index (κ1) is 19.8. The molecule has 0 saturated carbocycles. The maximum Gasteiger partial charge on any atom is 0.192 e. The maximum atomic E-state index is 14.0. The minimum atomic E-state index is -2.01. The van der Waals surface area contributed by atoms with Gasteiger partial charge in [0, 0.05) is 5.56 Å². The standard InChI is InChI=1S/C19H29FN2O2Si/c1-13-10-16(12-23)22(21-13)18-9-8-15(20)11-17(18)14(2)24-25(6,7)19(3,4)5/h8-11,14,23H,12H2,1-7H3. The Morgan fingerprint density at radius 1 is 1.28 bits per heavy atom. The van der Waals surface area contributed by atoms with Crippen LogP contribution in [0.2, 0.25) is 18.1 Å². The highest BCUT2D eigenvalue weighted by atomic mass is 28.4. The maximum absolute atomic E-state index is 14.0. The minimum Gasteiger partial charge on any atom is -0.410 e. The molecule has 0 saturated heterocycles. The average Bonchev–Trinajstić information content (AvgIpc) is 2.86. The van der Waals surface area contributed by atoms with Crippen LogP contribution >= 0.6 is 0 Å². The number of aryl methyl sites for hydroxylation is 1. The van der Waals surface area contributed by atoms with Crippen molar-refractivity contribution in [2.24, 2.45) is 0 Å². The van der Waals surface area contributed by atoms with Crippen molar-refractivity contribution in [3.05, 3.63) is 47.0 Å². The van der Waals surface area contributed by atoms with Crippen LogP contribution in [-0.4, -0.2) is 23.2 Å². The molecule has 1 aromatic carbocycles. The van der Waals surface area contributed by atoms with E-state index in [1.807, 2.05) is 19.9 Å². The van der Waals surface area contributed by atoms with E-state index in [-0.39, 0.29) is 23.6 Å². The van der Waals surface area contributed by atoms with Gasteiger partial charge in [0.2, 0.25) is 0 Å². The molecule has 0 aliphatic rings. The highest BCUT2D eigenvalue weighted by Gasteiger charge is 2.39. The third-order valence-electron chi connectivity index (χ3n) is 5.00. The number of rotatable bonds is 5. The lowest BCUT2D eigenvalue weighted by molar-refractivity contribution is 0.202. The zero-order chi connectivity index (χ0) is 19.0. The molecular formula is C19H29FN2O2Si. The summed E-state index contributed by atoms with van der Waals surface area (Å²) in [5.74, 6) is -0.307. The summed E-state index contributed by atoms with van der Waals surface area (Å²) < 4.78 is 22.1. The van der Waals surface area contributed by atoms with E-state index in [9.17, 15) is 9.50 Å². The third kappa shape index (κ3) is 4.19. The second-order valence-corrected chi connectivity index (χ2v) is 12.8. The highest BCUT2D eigenvalue weighted by Crippen LogP contribution is 2.40. The summed E-state index contributed by atoms with van der Waals surface area (Å²) in [5, 5.41) is 14.1. The molecule has 0 aliphatic carbocycles. The van der Waals surface area contributed by atoms with Gasteiger partial charge in [0.05, 0.1) is 29.8 Å². The SMILES string of the molecule is Cc1cc(CO)n(-c2ccc(F)cc2C(C)O[Si](C)(C)C(C)(C)C)n1. The normalized spacial score (nSPS) is 14.0. The fourth-order valence-electron chi connectivity index (χ4n) is 2.60. The van der Waals surface area contributed by atoms with Gasteiger partial charge >= 0.3 is 0 Å². The number of benzene rings is 1. The molecule has 0 amide bonds. The summed E-state index contributed by atoms with van der Waals surface area (Å²) in [4.78, 5) is 0. The number of halogens is 1. The summed E-state index contributed by atoms with van der Waals surface area (Å²) >= 11 is 0. The number of aromatic nitrogens is 2. The van der Waals surface area contributed by atoms with Gasteiger partial charge in [-0.15, -0.1) is 0 Å². The first-order chi connectivity index (χ1) is 11.5. The molecule has 1 atom stereocenters. The highest BCUT2D eigenvalue weighted by molar-refractivity contribution is 6.74. The molecular weight excluding hydrogens is 335 g/mol. The minimum absolute atomic E-state index is 0.0628. The molecule has 0 spiro atoms. The number of hydrogen-bond acceptors (Lipinski definition) is 3. The first-order valence-corrected chi connectivity index (χ1v) is 11.5. The Morgan fingerprint density at radius 2 is 1.92 bits per heavy atom. The lowest BCUT2D eigenvalue weighted by atomic mass is 10.1. The van der Waals surface area contributed by atoms with Gasteiger partial charge in [0.25, 0.3) is 0 Å². The van der Waals surface area contributed by atoms with Crippen LogP contribution in [0.15, 0.2) is 24.3 Å². The molecule has 0 fully saturated rings. The predicted molar refractivity (Wildman–Crippen MR) is 101 cm³/mol. The van der Waals surface area contributed by atoms with Gasteiger partial charge in [-0.3, -0.25) is 0 Å².